The number of hydrogen-bond donors (Lipinski definition) is 4. The zero-order valence-electron chi connectivity index (χ0n) is 33.3. The second-order valence-electron chi connectivity index (χ2n) is 12.8. The van der Waals surface area contributed by atoms with Crippen LogP contribution in [0.4, 0.5) is 0 Å². The van der Waals surface area contributed by atoms with Crippen LogP contribution in [0.25, 0.3) is 0 Å². The molecule has 0 radical (unpaired) electrons. The summed E-state index contributed by atoms with van der Waals surface area (Å²) in [5.41, 5.74) is 5.32. The van der Waals surface area contributed by atoms with E-state index in [1.165, 1.54) is 0 Å². The summed E-state index contributed by atoms with van der Waals surface area (Å²) in [6.07, 6.45) is 40.9. The number of aliphatic hydroxyl groups is 2. The third-order valence-corrected chi connectivity index (χ3v) is 8.65. The van der Waals surface area contributed by atoms with Gasteiger partial charge in [0.15, 0.2) is 6.10 Å². The Morgan fingerprint density at radius 1 is 0.655 bits per heavy atom. The van der Waals surface area contributed by atoms with Crippen LogP contribution in [0.15, 0.2) is 97.2 Å². The molecule has 4 atom stereocenters. The molecule has 0 spiro atoms. The van der Waals surface area contributed by atoms with Crippen molar-refractivity contribution in [3.8, 4) is 0 Å². The largest absolute Gasteiger partial charge is 0.472 e. The van der Waals surface area contributed by atoms with Crippen molar-refractivity contribution in [2.75, 3.05) is 26.4 Å². The van der Waals surface area contributed by atoms with Crippen molar-refractivity contribution in [3.63, 3.8) is 0 Å². The van der Waals surface area contributed by atoms with E-state index in [1.807, 2.05) is 30.4 Å². The van der Waals surface area contributed by atoms with E-state index < -0.39 is 44.7 Å². The molecule has 0 fully saturated rings. The van der Waals surface area contributed by atoms with Crippen molar-refractivity contribution in [1.82, 2.24) is 0 Å². The molecule has 0 saturated heterocycles. The first-order valence-corrected chi connectivity index (χ1v) is 21.4. The molecule has 1 unspecified atom stereocenters. The van der Waals surface area contributed by atoms with Gasteiger partial charge in [-0.3, -0.25) is 18.6 Å². The number of hydrogen-bond acceptors (Lipinski definition) is 10. The van der Waals surface area contributed by atoms with E-state index in [1.54, 1.807) is 18.2 Å². The Hall–Kier alpha value is -3.15. The summed E-state index contributed by atoms with van der Waals surface area (Å²) in [5, 5.41) is 20.1. The Morgan fingerprint density at radius 2 is 1.22 bits per heavy atom. The molecule has 0 rings (SSSR count). The molecule has 0 aromatic heterocycles. The third kappa shape index (κ3) is 37.5. The number of allylic oxidation sites excluding steroid dienone is 14. The smallest absolute Gasteiger partial charge is 0.462 e. The summed E-state index contributed by atoms with van der Waals surface area (Å²) in [6.45, 7) is 3.16. The maximum atomic E-state index is 12.5. The SMILES string of the molecule is CC/C=C\C/C=C\C/C=C\C/C=C\CCCCC(=O)O[C@H](COC(=O)CCC[C@@H](O)/C=C/C=C\C/C=C\C=C\[C@@H](O)CCCCC)COP(=O)(O)OCCN. The van der Waals surface area contributed by atoms with E-state index in [0.717, 1.165) is 64.2 Å². The summed E-state index contributed by atoms with van der Waals surface area (Å²) in [7, 11) is -4.45. The Morgan fingerprint density at radius 3 is 1.82 bits per heavy atom. The van der Waals surface area contributed by atoms with Crippen LogP contribution in [0.3, 0.4) is 0 Å². The number of unbranched alkanes of at least 4 members (excludes halogenated alkanes) is 4. The van der Waals surface area contributed by atoms with E-state index in [4.69, 9.17) is 24.3 Å². The van der Waals surface area contributed by atoms with Gasteiger partial charge in [0, 0.05) is 19.4 Å². The van der Waals surface area contributed by atoms with Gasteiger partial charge in [-0.05, 0) is 70.6 Å². The lowest BCUT2D eigenvalue weighted by molar-refractivity contribution is -0.161. The molecule has 0 aliphatic carbocycles. The van der Waals surface area contributed by atoms with Crippen molar-refractivity contribution in [2.45, 2.75) is 135 Å². The quantitative estimate of drug-likeness (QED) is 0.0159. The van der Waals surface area contributed by atoms with Crippen LogP contribution in [0.1, 0.15) is 117 Å². The summed E-state index contributed by atoms with van der Waals surface area (Å²) >= 11 is 0. The summed E-state index contributed by atoms with van der Waals surface area (Å²) in [4.78, 5) is 34.8. The molecule has 0 bridgehead atoms. The number of aliphatic hydroxyl groups excluding tert-OH is 2. The highest BCUT2D eigenvalue weighted by atomic mass is 31.2. The number of ether oxygens (including phenoxy) is 2. The lowest BCUT2D eigenvalue weighted by atomic mass is 10.1. The van der Waals surface area contributed by atoms with Crippen molar-refractivity contribution in [2.24, 2.45) is 5.73 Å². The monoisotopic (exact) mass is 791 g/mol. The minimum atomic E-state index is -4.45. The fourth-order valence-electron chi connectivity index (χ4n) is 4.66. The summed E-state index contributed by atoms with van der Waals surface area (Å²) < 4.78 is 32.5. The zero-order chi connectivity index (χ0) is 40.7. The fraction of sp³-hybridized carbons (Fsp3) is 0.581. The van der Waals surface area contributed by atoms with E-state index in [-0.39, 0.29) is 32.6 Å². The van der Waals surface area contributed by atoms with Crippen molar-refractivity contribution in [3.05, 3.63) is 97.2 Å². The number of phosphoric acid groups is 1. The predicted molar refractivity (Wildman–Crippen MR) is 222 cm³/mol. The van der Waals surface area contributed by atoms with Crippen LogP contribution in [0, 0.1) is 0 Å². The molecular weight excluding hydrogens is 721 g/mol. The molecule has 0 aliphatic rings. The van der Waals surface area contributed by atoms with Gasteiger partial charge in [-0.15, -0.1) is 0 Å². The highest BCUT2D eigenvalue weighted by molar-refractivity contribution is 7.47. The number of carbonyl (C=O) groups is 2. The Kier molecular flexibility index (Phi) is 35.6. The van der Waals surface area contributed by atoms with Crippen molar-refractivity contribution in [1.29, 1.82) is 0 Å². The number of carbonyl (C=O) groups excluding carboxylic acids is 2. The zero-order valence-corrected chi connectivity index (χ0v) is 34.2. The van der Waals surface area contributed by atoms with Gasteiger partial charge in [0.25, 0.3) is 0 Å². The summed E-state index contributed by atoms with van der Waals surface area (Å²) in [6, 6.07) is 0. The molecule has 0 aromatic rings. The van der Waals surface area contributed by atoms with Crippen LogP contribution >= 0.6 is 7.82 Å². The summed E-state index contributed by atoms with van der Waals surface area (Å²) in [5.74, 6) is -1.12. The molecule has 55 heavy (non-hydrogen) atoms. The molecule has 12 heteroatoms. The van der Waals surface area contributed by atoms with Crippen molar-refractivity contribution >= 4 is 19.8 Å². The van der Waals surface area contributed by atoms with Crippen molar-refractivity contribution < 1.29 is 47.8 Å². The highest BCUT2D eigenvalue weighted by Gasteiger charge is 2.26. The number of esters is 2. The van der Waals surface area contributed by atoms with Gasteiger partial charge < -0.3 is 30.3 Å². The second kappa shape index (κ2) is 37.8. The maximum absolute atomic E-state index is 12.5. The average Bonchev–Trinajstić information content (AvgIpc) is 3.16. The molecule has 0 aliphatic heterocycles. The van der Waals surface area contributed by atoms with Gasteiger partial charge in [-0.1, -0.05) is 130 Å². The van der Waals surface area contributed by atoms with E-state index in [9.17, 15) is 29.3 Å². The van der Waals surface area contributed by atoms with Crippen LogP contribution in [0.5, 0.6) is 0 Å². The molecule has 0 saturated carbocycles. The molecule has 0 heterocycles. The van der Waals surface area contributed by atoms with E-state index in [0.29, 0.717) is 25.7 Å². The minimum Gasteiger partial charge on any atom is -0.462 e. The van der Waals surface area contributed by atoms with E-state index in [2.05, 4.69) is 62.5 Å². The topological polar surface area (TPSA) is 175 Å². The molecule has 0 aromatic carbocycles. The third-order valence-electron chi connectivity index (χ3n) is 7.66. The molecule has 5 N–H and O–H groups in total. The van der Waals surface area contributed by atoms with Gasteiger partial charge in [0.2, 0.25) is 0 Å². The minimum absolute atomic E-state index is 0.00801. The van der Waals surface area contributed by atoms with Crippen LogP contribution in [-0.4, -0.2) is 71.7 Å². The van der Waals surface area contributed by atoms with Gasteiger partial charge in [-0.2, -0.15) is 0 Å². The van der Waals surface area contributed by atoms with Gasteiger partial charge >= 0.3 is 19.8 Å². The fourth-order valence-corrected chi connectivity index (χ4v) is 5.43. The first-order chi connectivity index (χ1) is 26.6. The number of nitrogens with two attached hydrogens (primary N) is 1. The van der Waals surface area contributed by atoms with Gasteiger partial charge in [0.05, 0.1) is 25.4 Å². The number of rotatable bonds is 35. The van der Waals surface area contributed by atoms with Gasteiger partial charge in [-0.25, -0.2) is 4.57 Å². The van der Waals surface area contributed by atoms with Crippen LogP contribution < -0.4 is 5.73 Å². The molecule has 312 valence electrons. The van der Waals surface area contributed by atoms with E-state index >= 15 is 0 Å². The van der Waals surface area contributed by atoms with Crippen LogP contribution in [-0.2, 0) is 32.7 Å². The number of phosphoric ester groups is 1. The molecule has 11 nitrogen and oxygen atoms in total. The highest BCUT2D eigenvalue weighted by Crippen LogP contribution is 2.43. The predicted octanol–water partition coefficient (Wildman–Crippen LogP) is 8.99. The lowest BCUT2D eigenvalue weighted by Gasteiger charge is -2.20. The first kappa shape index (κ1) is 51.9. The van der Waals surface area contributed by atoms with Crippen LogP contribution in [0.2, 0.25) is 0 Å². The standard InChI is InChI=1S/C43H70NO10P/c1-3-5-7-8-9-10-11-12-13-14-15-16-20-23-27-33-43(48)54-41(38-53-55(49,50)52-36-35-44)37-51-42(47)34-28-32-40(46)31-26-22-19-17-18-21-25-30-39(45)29-24-6-4-2/h5,7,9-10,12-13,15-16,18-19,21-22,25-26,30-31,39-41,45-46H,3-4,6,8,11,14,17,20,23-24,27-29,32-38,44H2,1-2H3,(H,49,50)/b7-5-,10-9-,13-12-,16-15-,21-18-,22-19-,30-25+,31-26+/t39-,40-,41+/m0/s1. The first-order valence-electron chi connectivity index (χ1n) is 19.9. The Balaban J connectivity index is 4.54. The maximum Gasteiger partial charge on any atom is 0.472 e. The normalized spacial score (nSPS) is 15.5. The average molecular weight is 792 g/mol. The second-order valence-corrected chi connectivity index (χ2v) is 14.3. The molecular formula is C43H70NO10P. The van der Waals surface area contributed by atoms with Gasteiger partial charge in [0.1, 0.15) is 6.61 Å². The Bertz CT molecular complexity index is 1250. The molecule has 0 amide bonds. The Labute approximate surface area is 331 Å². The lowest BCUT2D eigenvalue weighted by Crippen LogP contribution is -2.29.